The van der Waals surface area contributed by atoms with Crippen LogP contribution >= 0.6 is 0 Å². The highest BCUT2D eigenvalue weighted by atomic mass is 16.1. The van der Waals surface area contributed by atoms with Crippen molar-refractivity contribution in [2.45, 2.75) is 78.7 Å². The molecule has 4 fully saturated rings. The van der Waals surface area contributed by atoms with Crippen molar-refractivity contribution in [2.24, 2.45) is 46.3 Å². The number of Topliss-reactive ketones (excluding diaryl/α,β-unsaturated/α-hetero) is 2. The Hall–Kier alpha value is -1.96. The molecule has 0 aliphatic heterocycles. The molecule has 0 bridgehead atoms. The van der Waals surface area contributed by atoms with Crippen LogP contribution < -0.4 is 0 Å². The van der Waals surface area contributed by atoms with E-state index in [2.05, 4.69) is 31.9 Å². The van der Waals surface area contributed by atoms with E-state index in [-0.39, 0.29) is 35.0 Å². The van der Waals surface area contributed by atoms with Gasteiger partial charge in [0.1, 0.15) is 11.9 Å². The van der Waals surface area contributed by atoms with Crippen LogP contribution in [0, 0.1) is 57.7 Å². The van der Waals surface area contributed by atoms with E-state index in [9.17, 15) is 9.59 Å². The van der Waals surface area contributed by atoms with Crippen molar-refractivity contribution in [2.75, 3.05) is 0 Å². The van der Waals surface area contributed by atoms with E-state index in [1.807, 2.05) is 0 Å². The van der Waals surface area contributed by atoms with E-state index >= 15 is 0 Å². The Morgan fingerprint density at radius 3 is 2.77 bits per heavy atom. The van der Waals surface area contributed by atoms with Gasteiger partial charge < -0.3 is 0 Å². The van der Waals surface area contributed by atoms with E-state index < -0.39 is 0 Å². The van der Waals surface area contributed by atoms with Gasteiger partial charge in [-0.05, 0) is 73.0 Å². The highest BCUT2D eigenvalue weighted by Gasteiger charge is 2.63. The normalized spacial score (nSPS) is 44.1. The summed E-state index contributed by atoms with van der Waals surface area (Å²) in [5.41, 5.74) is 0.426. The lowest BCUT2D eigenvalue weighted by molar-refractivity contribution is -0.160. The summed E-state index contributed by atoms with van der Waals surface area (Å²) in [6.45, 7) is 7.22. The fourth-order valence-corrected chi connectivity index (χ4v) is 8.59. The maximum Gasteiger partial charge on any atom is 0.157 e. The SMILES string of the molecule is CC1CCC2(C)C(CCC3C4CCC(C(=O)Cn5cc(C#N)cn5)C4(C)CC(=O)C32)C1. The molecule has 1 aromatic rings. The maximum atomic E-state index is 13.7. The third kappa shape index (κ3) is 3.12. The quantitative estimate of drug-likeness (QED) is 0.703. The Balaban J connectivity index is 1.38. The Labute approximate surface area is 185 Å². The Bertz CT molecular complexity index is 945. The van der Waals surface area contributed by atoms with Gasteiger partial charge in [-0.1, -0.05) is 27.2 Å². The molecule has 5 heteroatoms. The number of carbonyl (C=O) groups is 2. The topological polar surface area (TPSA) is 75.8 Å². The predicted octanol–water partition coefficient (Wildman–Crippen LogP) is 4.80. The molecule has 8 unspecified atom stereocenters. The van der Waals surface area contributed by atoms with Crippen molar-refractivity contribution in [3.8, 4) is 6.07 Å². The monoisotopic (exact) mass is 421 g/mol. The van der Waals surface area contributed by atoms with Crippen LogP contribution in [0.2, 0.25) is 0 Å². The molecular weight excluding hydrogens is 386 g/mol. The van der Waals surface area contributed by atoms with Gasteiger partial charge in [0, 0.05) is 24.5 Å². The first-order chi connectivity index (χ1) is 14.8. The molecule has 8 atom stereocenters. The summed E-state index contributed by atoms with van der Waals surface area (Å²) in [5.74, 6) is 3.16. The van der Waals surface area contributed by atoms with E-state index in [0.717, 1.165) is 25.2 Å². The standard InChI is InChI=1S/C26H35N3O2/c1-16-8-9-25(2)18(10-16)4-5-19-20-6-7-21(26(20,3)11-22(30)24(19)25)23(31)15-29-14-17(12-27)13-28-29/h13-14,16,18-21,24H,4-11,15H2,1-3H3. The summed E-state index contributed by atoms with van der Waals surface area (Å²) in [4.78, 5) is 27.0. The number of hydrogen-bond acceptors (Lipinski definition) is 4. The summed E-state index contributed by atoms with van der Waals surface area (Å²) in [6, 6.07) is 2.07. The van der Waals surface area contributed by atoms with Crippen molar-refractivity contribution in [1.29, 1.82) is 5.26 Å². The Morgan fingerprint density at radius 2 is 2.03 bits per heavy atom. The average molecular weight is 422 g/mol. The molecule has 0 radical (unpaired) electrons. The van der Waals surface area contributed by atoms with Crippen LogP contribution in [-0.2, 0) is 16.1 Å². The van der Waals surface area contributed by atoms with Gasteiger partial charge >= 0.3 is 0 Å². The molecule has 166 valence electrons. The zero-order valence-corrected chi connectivity index (χ0v) is 19.1. The van der Waals surface area contributed by atoms with Crippen molar-refractivity contribution < 1.29 is 9.59 Å². The largest absolute Gasteiger partial charge is 0.299 e. The third-order valence-electron chi connectivity index (χ3n) is 10.1. The molecule has 31 heavy (non-hydrogen) atoms. The van der Waals surface area contributed by atoms with Crippen LogP contribution in [0.4, 0.5) is 0 Å². The fraction of sp³-hybridized carbons (Fsp3) is 0.769. The lowest BCUT2D eigenvalue weighted by Gasteiger charge is -2.60. The van der Waals surface area contributed by atoms with E-state index in [0.29, 0.717) is 35.5 Å². The first-order valence-corrected chi connectivity index (χ1v) is 12.2. The van der Waals surface area contributed by atoms with Crippen LogP contribution in [-0.4, -0.2) is 21.3 Å². The van der Waals surface area contributed by atoms with Gasteiger partial charge in [0.15, 0.2) is 5.78 Å². The molecule has 4 aliphatic rings. The zero-order chi connectivity index (χ0) is 22.0. The van der Waals surface area contributed by atoms with Gasteiger partial charge in [0.2, 0.25) is 0 Å². The Morgan fingerprint density at radius 1 is 1.23 bits per heavy atom. The van der Waals surface area contributed by atoms with Crippen molar-refractivity contribution in [3.05, 3.63) is 18.0 Å². The number of aromatic nitrogens is 2. The molecule has 4 saturated carbocycles. The molecule has 0 spiro atoms. The van der Waals surface area contributed by atoms with Crippen molar-refractivity contribution in [3.63, 3.8) is 0 Å². The third-order valence-corrected chi connectivity index (χ3v) is 10.1. The second-order valence-electron chi connectivity index (χ2n) is 11.7. The highest BCUT2D eigenvalue weighted by Crippen LogP contribution is 2.66. The fourth-order valence-electron chi connectivity index (χ4n) is 8.59. The molecular formula is C26H35N3O2. The summed E-state index contributed by atoms with van der Waals surface area (Å²) in [7, 11) is 0. The van der Waals surface area contributed by atoms with Crippen LogP contribution in [0.3, 0.4) is 0 Å². The summed E-state index contributed by atoms with van der Waals surface area (Å²) in [5, 5.41) is 13.2. The number of nitrogens with zero attached hydrogens (tertiary/aromatic N) is 3. The van der Waals surface area contributed by atoms with Crippen LogP contribution in [0.5, 0.6) is 0 Å². The summed E-state index contributed by atoms with van der Waals surface area (Å²) >= 11 is 0. The predicted molar refractivity (Wildman–Crippen MR) is 117 cm³/mol. The number of ketones is 2. The summed E-state index contributed by atoms with van der Waals surface area (Å²) in [6.07, 6.45) is 11.8. The second kappa shape index (κ2) is 7.29. The van der Waals surface area contributed by atoms with E-state index in [1.165, 1.54) is 31.9 Å². The highest BCUT2D eigenvalue weighted by molar-refractivity contribution is 5.87. The van der Waals surface area contributed by atoms with Crippen molar-refractivity contribution in [1.82, 2.24) is 9.78 Å². The minimum atomic E-state index is -0.217. The van der Waals surface area contributed by atoms with Gasteiger partial charge in [0.05, 0.1) is 18.3 Å². The number of fused-ring (bicyclic) bond motifs is 5. The lowest BCUT2D eigenvalue weighted by atomic mass is 9.44. The second-order valence-corrected chi connectivity index (χ2v) is 11.7. The molecule has 5 rings (SSSR count). The van der Waals surface area contributed by atoms with Crippen LogP contribution in [0.1, 0.15) is 77.7 Å². The molecule has 0 amide bonds. The van der Waals surface area contributed by atoms with Gasteiger partial charge in [-0.3, -0.25) is 14.3 Å². The minimum absolute atomic E-state index is 0.0750. The van der Waals surface area contributed by atoms with E-state index in [4.69, 9.17) is 5.26 Å². The minimum Gasteiger partial charge on any atom is -0.299 e. The smallest absolute Gasteiger partial charge is 0.157 e. The number of hydrogen-bond donors (Lipinski definition) is 0. The van der Waals surface area contributed by atoms with Gasteiger partial charge in [-0.2, -0.15) is 10.4 Å². The zero-order valence-electron chi connectivity index (χ0n) is 19.1. The maximum absolute atomic E-state index is 13.7. The summed E-state index contributed by atoms with van der Waals surface area (Å²) < 4.78 is 1.58. The molecule has 1 aromatic heterocycles. The number of rotatable bonds is 3. The molecule has 0 aromatic carbocycles. The van der Waals surface area contributed by atoms with Crippen LogP contribution in [0.25, 0.3) is 0 Å². The van der Waals surface area contributed by atoms with Crippen molar-refractivity contribution >= 4 is 11.6 Å². The first-order valence-electron chi connectivity index (χ1n) is 12.2. The Kier molecular flexibility index (Phi) is 4.92. The average Bonchev–Trinajstić information content (AvgIpc) is 3.31. The first kappa shape index (κ1) is 20.9. The molecule has 0 N–H and O–H groups in total. The number of nitriles is 1. The molecule has 0 saturated heterocycles. The molecule has 1 heterocycles. The molecule has 5 nitrogen and oxygen atoms in total. The van der Waals surface area contributed by atoms with Gasteiger partial charge in [-0.15, -0.1) is 0 Å². The van der Waals surface area contributed by atoms with Crippen LogP contribution in [0.15, 0.2) is 12.4 Å². The van der Waals surface area contributed by atoms with E-state index in [1.54, 1.807) is 10.9 Å². The lowest BCUT2D eigenvalue weighted by Crippen LogP contribution is -2.57. The van der Waals surface area contributed by atoms with Gasteiger partial charge in [-0.25, -0.2) is 0 Å². The van der Waals surface area contributed by atoms with Gasteiger partial charge in [0.25, 0.3) is 0 Å². The number of carbonyl (C=O) groups excluding carboxylic acids is 2. The molecule has 4 aliphatic carbocycles.